The van der Waals surface area contributed by atoms with Gasteiger partial charge in [-0.15, -0.1) is 0 Å². The Morgan fingerprint density at radius 3 is 2.71 bits per heavy atom. The van der Waals surface area contributed by atoms with E-state index in [1.54, 1.807) is 11.3 Å². The lowest BCUT2D eigenvalue weighted by Crippen LogP contribution is -2.35. The van der Waals surface area contributed by atoms with Crippen LogP contribution in [0.4, 0.5) is 0 Å². The van der Waals surface area contributed by atoms with Crippen LogP contribution in [0.1, 0.15) is 38.9 Å². The molecule has 1 aromatic heterocycles. The second-order valence-electron chi connectivity index (χ2n) is 3.56. The summed E-state index contributed by atoms with van der Waals surface area (Å²) in [6.07, 6.45) is 0.274. The van der Waals surface area contributed by atoms with Crippen molar-refractivity contribution in [3.05, 3.63) is 22.4 Å². The largest absolute Gasteiger partial charge is 0.385 e. The molecular weight excluding hydrogens is 196 g/mol. The highest BCUT2D eigenvalue weighted by Crippen LogP contribution is 2.32. The van der Waals surface area contributed by atoms with Crippen molar-refractivity contribution < 1.29 is 9.84 Å². The van der Waals surface area contributed by atoms with Crippen molar-refractivity contribution in [2.24, 2.45) is 0 Å². The van der Waals surface area contributed by atoms with E-state index in [-0.39, 0.29) is 0 Å². The maximum Gasteiger partial charge on any atom is 0.108 e. The minimum absolute atomic E-state index is 0.462. The SMILES string of the molecule is CCOC(C)(CC)C(O)c1ccsc1. The number of ether oxygens (including phenoxy) is 1. The average Bonchev–Trinajstić information content (AvgIpc) is 2.69. The van der Waals surface area contributed by atoms with Crippen LogP contribution in [0.15, 0.2) is 16.8 Å². The quantitative estimate of drug-likeness (QED) is 0.816. The molecule has 3 heteroatoms. The Morgan fingerprint density at radius 1 is 1.57 bits per heavy atom. The fourth-order valence-corrected chi connectivity index (χ4v) is 2.17. The van der Waals surface area contributed by atoms with E-state index >= 15 is 0 Å². The molecule has 2 nitrogen and oxygen atoms in total. The van der Waals surface area contributed by atoms with Crippen molar-refractivity contribution >= 4 is 11.3 Å². The maximum atomic E-state index is 10.1. The van der Waals surface area contributed by atoms with E-state index in [2.05, 4.69) is 0 Å². The monoisotopic (exact) mass is 214 g/mol. The zero-order valence-electron chi connectivity index (χ0n) is 8.99. The van der Waals surface area contributed by atoms with Gasteiger partial charge in [0.15, 0.2) is 0 Å². The first-order valence-electron chi connectivity index (χ1n) is 4.98. The first-order chi connectivity index (χ1) is 6.64. The Bertz CT molecular complexity index is 258. The second-order valence-corrected chi connectivity index (χ2v) is 4.34. The van der Waals surface area contributed by atoms with E-state index in [1.165, 1.54) is 0 Å². The van der Waals surface area contributed by atoms with Crippen LogP contribution >= 0.6 is 11.3 Å². The first-order valence-corrected chi connectivity index (χ1v) is 5.92. The van der Waals surface area contributed by atoms with Crippen LogP contribution in [0, 0.1) is 0 Å². The smallest absolute Gasteiger partial charge is 0.108 e. The summed E-state index contributed by atoms with van der Waals surface area (Å²) in [6.45, 7) is 6.57. The van der Waals surface area contributed by atoms with Crippen LogP contribution in [0.3, 0.4) is 0 Å². The van der Waals surface area contributed by atoms with E-state index in [4.69, 9.17) is 4.74 Å². The predicted molar refractivity (Wildman–Crippen MR) is 59.6 cm³/mol. The molecule has 1 N–H and O–H groups in total. The molecule has 1 aromatic rings. The molecule has 2 atom stereocenters. The van der Waals surface area contributed by atoms with Gasteiger partial charge in [0.2, 0.25) is 0 Å². The Hall–Kier alpha value is -0.380. The van der Waals surface area contributed by atoms with Gasteiger partial charge in [-0.1, -0.05) is 6.92 Å². The average molecular weight is 214 g/mol. The molecule has 1 rings (SSSR count). The summed E-state index contributed by atoms with van der Waals surface area (Å²) in [5.74, 6) is 0. The fraction of sp³-hybridized carbons (Fsp3) is 0.636. The van der Waals surface area contributed by atoms with Crippen LogP contribution < -0.4 is 0 Å². The van der Waals surface area contributed by atoms with Crippen molar-refractivity contribution in [3.63, 3.8) is 0 Å². The Morgan fingerprint density at radius 2 is 2.29 bits per heavy atom. The molecule has 0 aromatic carbocycles. The highest BCUT2D eigenvalue weighted by Gasteiger charge is 2.33. The van der Waals surface area contributed by atoms with E-state index < -0.39 is 11.7 Å². The summed E-state index contributed by atoms with van der Waals surface area (Å²) < 4.78 is 5.62. The number of aliphatic hydroxyl groups excluding tert-OH is 1. The maximum absolute atomic E-state index is 10.1. The molecule has 14 heavy (non-hydrogen) atoms. The van der Waals surface area contributed by atoms with Gasteiger partial charge in [-0.2, -0.15) is 11.3 Å². The number of aliphatic hydroxyl groups is 1. The van der Waals surface area contributed by atoms with Gasteiger partial charge in [0.25, 0.3) is 0 Å². The van der Waals surface area contributed by atoms with Crippen molar-refractivity contribution in [1.82, 2.24) is 0 Å². The summed E-state index contributed by atoms with van der Waals surface area (Å²) in [5, 5.41) is 14.1. The van der Waals surface area contributed by atoms with Gasteiger partial charge in [-0.05, 0) is 42.7 Å². The van der Waals surface area contributed by atoms with Gasteiger partial charge in [0.05, 0.1) is 5.60 Å². The topological polar surface area (TPSA) is 29.5 Å². The molecule has 0 aliphatic carbocycles. The van der Waals surface area contributed by atoms with Gasteiger partial charge in [-0.25, -0.2) is 0 Å². The standard InChI is InChI=1S/C11H18O2S/c1-4-11(3,13-5-2)10(12)9-6-7-14-8-9/h6-8,10,12H,4-5H2,1-3H3. The Balaban J connectivity index is 2.79. The molecule has 2 unspecified atom stereocenters. The van der Waals surface area contributed by atoms with Gasteiger partial charge < -0.3 is 9.84 Å². The van der Waals surface area contributed by atoms with Crippen LogP contribution in [0.25, 0.3) is 0 Å². The van der Waals surface area contributed by atoms with Crippen LogP contribution in [-0.4, -0.2) is 17.3 Å². The zero-order valence-corrected chi connectivity index (χ0v) is 9.80. The number of thiophene rings is 1. The molecular formula is C11H18O2S. The highest BCUT2D eigenvalue weighted by molar-refractivity contribution is 7.07. The van der Waals surface area contributed by atoms with Crippen molar-refractivity contribution in [2.75, 3.05) is 6.61 Å². The first kappa shape index (κ1) is 11.7. The third-order valence-electron chi connectivity index (χ3n) is 2.61. The van der Waals surface area contributed by atoms with Gasteiger partial charge in [0, 0.05) is 6.61 Å². The van der Waals surface area contributed by atoms with Gasteiger partial charge in [0.1, 0.15) is 6.10 Å². The fourth-order valence-electron chi connectivity index (χ4n) is 1.49. The predicted octanol–water partition coefficient (Wildman–Crippen LogP) is 2.99. The van der Waals surface area contributed by atoms with E-state index in [1.807, 2.05) is 37.6 Å². The van der Waals surface area contributed by atoms with Crippen molar-refractivity contribution in [2.45, 2.75) is 38.9 Å². The van der Waals surface area contributed by atoms with Crippen molar-refractivity contribution in [1.29, 1.82) is 0 Å². The normalized spacial score (nSPS) is 17.7. The Kier molecular flexibility index (Phi) is 4.11. The molecule has 80 valence electrons. The molecule has 1 heterocycles. The zero-order chi connectivity index (χ0) is 10.6. The molecule has 0 amide bonds. The minimum Gasteiger partial charge on any atom is -0.385 e. The van der Waals surface area contributed by atoms with Crippen LogP contribution in [-0.2, 0) is 4.74 Å². The molecule has 0 radical (unpaired) electrons. The third-order valence-corrected chi connectivity index (χ3v) is 3.31. The summed E-state index contributed by atoms with van der Waals surface area (Å²) in [4.78, 5) is 0. The van der Waals surface area contributed by atoms with Crippen LogP contribution in [0.5, 0.6) is 0 Å². The van der Waals surface area contributed by atoms with Crippen molar-refractivity contribution in [3.8, 4) is 0 Å². The summed E-state index contributed by atoms with van der Waals surface area (Å²) in [5.41, 5.74) is 0.489. The molecule has 0 aliphatic heterocycles. The molecule has 0 spiro atoms. The molecule has 0 fully saturated rings. The summed E-state index contributed by atoms with van der Waals surface area (Å²) >= 11 is 1.60. The van der Waals surface area contributed by atoms with Crippen LogP contribution in [0.2, 0.25) is 0 Å². The minimum atomic E-state index is -0.529. The van der Waals surface area contributed by atoms with Gasteiger partial charge >= 0.3 is 0 Å². The van der Waals surface area contributed by atoms with E-state index in [0.29, 0.717) is 6.61 Å². The second kappa shape index (κ2) is 4.91. The van der Waals surface area contributed by atoms with E-state index in [9.17, 15) is 5.11 Å². The molecule has 0 saturated carbocycles. The van der Waals surface area contributed by atoms with Gasteiger partial charge in [-0.3, -0.25) is 0 Å². The molecule has 0 saturated heterocycles. The Labute approximate surface area is 89.5 Å². The summed E-state index contributed by atoms with van der Waals surface area (Å²) in [7, 11) is 0. The summed E-state index contributed by atoms with van der Waals surface area (Å²) in [6, 6.07) is 1.95. The molecule has 0 aliphatic rings. The number of hydrogen-bond donors (Lipinski definition) is 1. The lowest BCUT2D eigenvalue weighted by atomic mass is 9.92. The number of hydrogen-bond acceptors (Lipinski definition) is 3. The lowest BCUT2D eigenvalue weighted by Gasteiger charge is -2.33. The number of rotatable bonds is 5. The molecule has 0 bridgehead atoms. The third kappa shape index (κ3) is 2.35. The van der Waals surface area contributed by atoms with E-state index in [0.717, 1.165) is 12.0 Å². The highest BCUT2D eigenvalue weighted by atomic mass is 32.1. The lowest BCUT2D eigenvalue weighted by molar-refractivity contribution is -0.113.